The van der Waals surface area contributed by atoms with Gasteiger partial charge in [-0.3, -0.25) is 9.35 Å². The summed E-state index contributed by atoms with van der Waals surface area (Å²) in [6.07, 6.45) is 20.1. The molecular formula is C33H58O12S. The zero-order valence-electron chi connectivity index (χ0n) is 27.6. The average Bonchev–Trinajstić information content (AvgIpc) is 3.00. The number of aliphatic hydroxyl groups is 3. The molecule has 0 bridgehead atoms. The lowest BCUT2D eigenvalue weighted by molar-refractivity contribution is -0.301. The lowest BCUT2D eigenvalue weighted by atomic mass is 9.99. The maximum Gasteiger partial charge on any atom is 0.397 e. The topological polar surface area (TPSA) is 178 Å². The molecule has 268 valence electrons. The fourth-order valence-corrected chi connectivity index (χ4v) is 5.36. The minimum Gasteiger partial charge on any atom is -0.458 e. The van der Waals surface area contributed by atoms with E-state index < -0.39 is 59.8 Å². The fourth-order valence-electron chi connectivity index (χ4n) is 4.85. The standard InChI is InChI=1S/C33H58O12S/c1-3-4-5-6-7-8-9-10-11-12-13-14-15-16-17-18-19-20-21-22-23-41-25-28(43-27(2)35)26-42-33-31(37)32(45-46(38,39)40)30(36)29(24-34)44-33/h7-8,10-11,13-14,28-34,36-37H,3-6,9,12,15-26H2,1-2H3,(H,38,39,40)/b8-7-,11-10-,14-13-. The van der Waals surface area contributed by atoms with Gasteiger partial charge in [0.15, 0.2) is 6.29 Å². The van der Waals surface area contributed by atoms with Crippen molar-refractivity contribution >= 4 is 16.4 Å². The summed E-state index contributed by atoms with van der Waals surface area (Å²) in [5, 5.41) is 29.9. The van der Waals surface area contributed by atoms with Gasteiger partial charge in [-0.25, -0.2) is 4.18 Å². The number of unbranched alkanes of at least 4 members (excludes halogenated alkanes) is 10. The molecule has 6 unspecified atom stereocenters. The van der Waals surface area contributed by atoms with Gasteiger partial charge in [0, 0.05) is 13.5 Å². The predicted octanol–water partition coefficient (Wildman–Crippen LogP) is 4.73. The van der Waals surface area contributed by atoms with Crippen molar-refractivity contribution in [3.8, 4) is 0 Å². The van der Waals surface area contributed by atoms with Crippen molar-refractivity contribution in [2.45, 2.75) is 141 Å². The maximum atomic E-state index is 11.5. The van der Waals surface area contributed by atoms with Gasteiger partial charge in [-0.05, 0) is 44.9 Å². The maximum absolute atomic E-state index is 11.5. The highest BCUT2D eigenvalue weighted by Crippen LogP contribution is 2.25. The molecule has 6 atom stereocenters. The van der Waals surface area contributed by atoms with Gasteiger partial charge in [0.1, 0.15) is 30.5 Å². The van der Waals surface area contributed by atoms with E-state index in [-0.39, 0.29) is 13.2 Å². The van der Waals surface area contributed by atoms with Crippen molar-refractivity contribution in [2.75, 3.05) is 26.4 Å². The molecule has 0 aromatic rings. The molecule has 1 rings (SSSR count). The lowest BCUT2D eigenvalue weighted by Gasteiger charge is -2.41. The third-order valence-corrected chi connectivity index (χ3v) is 7.78. The zero-order chi connectivity index (χ0) is 34.0. The Morgan fingerprint density at radius 2 is 1.39 bits per heavy atom. The number of aliphatic hydroxyl groups excluding tert-OH is 3. The molecule has 13 heteroatoms. The van der Waals surface area contributed by atoms with E-state index in [0.717, 1.165) is 44.9 Å². The Morgan fingerprint density at radius 3 is 1.96 bits per heavy atom. The summed E-state index contributed by atoms with van der Waals surface area (Å²) in [4.78, 5) is 11.5. The van der Waals surface area contributed by atoms with Gasteiger partial charge in [0.05, 0.1) is 19.8 Å². The Morgan fingerprint density at radius 1 is 0.826 bits per heavy atom. The van der Waals surface area contributed by atoms with Gasteiger partial charge in [0.2, 0.25) is 0 Å². The van der Waals surface area contributed by atoms with Crippen molar-refractivity contribution in [3.63, 3.8) is 0 Å². The molecule has 0 radical (unpaired) electrons. The van der Waals surface area contributed by atoms with Crippen LogP contribution in [-0.2, 0) is 38.3 Å². The summed E-state index contributed by atoms with van der Waals surface area (Å²) >= 11 is 0. The van der Waals surface area contributed by atoms with E-state index >= 15 is 0 Å². The average molecular weight is 679 g/mol. The highest BCUT2D eigenvalue weighted by Gasteiger charge is 2.48. The predicted molar refractivity (Wildman–Crippen MR) is 174 cm³/mol. The van der Waals surface area contributed by atoms with Crippen LogP contribution < -0.4 is 0 Å². The summed E-state index contributed by atoms with van der Waals surface area (Å²) < 4.78 is 57.2. The Bertz CT molecular complexity index is 968. The number of esters is 1. The van der Waals surface area contributed by atoms with Crippen LogP contribution in [0.25, 0.3) is 0 Å². The molecule has 1 heterocycles. The number of hydrogen-bond acceptors (Lipinski definition) is 11. The quantitative estimate of drug-likeness (QED) is 0.0407. The van der Waals surface area contributed by atoms with E-state index in [0.29, 0.717) is 6.61 Å². The summed E-state index contributed by atoms with van der Waals surface area (Å²) in [7, 11) is -5.04. The molecule has 12 nitrogen and oxygen atoms in total. The van der Waals surface area contributed by atoms with Gasteiger partial charge < -0.3 is 34.3 Å². The molecule has 1 saturated heterocycles. The first-order valence-electron chi connectivity index (χ1n) is 16.7. The van der Waals surface area contributed by atoms with Crippen LogP contribution >= 0.6 is 0 Å². The summed E-state index contributed by atoms with van der Waals surface area (Å²) in [6, 6.07) is 0. The van der Waals surface area contributed by atoms with E-state index in [9.17, 15) is 28.5 Å². The molecule has 4 N–H and O–H groups in total. The lowest BCUT2D eigenvalue weighted by Crippen LogP contribution is -2.60. The number of ether oxygens (including phenoxy) is 4. The Balaban J connectivity index is 2.17. The first-order valence-corrected chi connectivity index (χ1v) is 18.0. The summed E-state index contributed by atoms with van der Waals surface area (Å²) in [5.41, 5.74) is 0. The van der Waals surface area contributed by atoms with Gasteiger partial charge in [-0.2, -0.15) is 8.42 Å². The van der Waals surface area contributed by atoms with E-state index in [1.54, 1.807) is 0 Å². The molecular weight excluding hydrogens is 620 g/mol. The van der Waals surface area contributed by atoms with Crippen LogP contribution in [0.2, 0.25) is 0 Å². The van der Waals surface area contributed by atoms with Crippen molar-refractivity contribution in [3.05, 3.63) is 36.5 Å². The largest absolute Gasteiger partial charge is 0.458 e. The van der Waals surface area contributed by atoms with Crippen molar-refractivity contribution in [2.24, 2.45) is 0 Å². The SMILES string of the molecule is CCCCC/C=C\C/C=C\C/C=C\CCCCCCCCCOCC(COC1OC(CO)C(O)C(OS(=O)(=O)O)C1O)OC(C)=O. The van der Waals surface area contributed by atoms with Crippen molar-refractivity contribution in [1.29, 1.82) is 0 Å². The number of rotatable bonds is 27. The van der Waals surface area contributed by atoms with Crippen LogP contribution in [0.4, 0.5) is 0 Å². The van der Waals surface area contributed by atoms with Crippen LogP contribution in [0, 0.1) is 0 Å². The number of hydrogen-bond donors (Lipinski definition) is 4. The zero-order valence-corrected chi connectivity index (χ0v) is 28.4. The van der Waals surface area contributed by atoms with Gasteiger partial charge in [-0.1, -0.05) is 88.3 Å². The molecule has 0 aliphatic carbocycles. The number of carbonyl (C=O) groups excluding carboxylic acids is 1. The second-order valence-electron chi connectivity index (χ2n) is 11.5. The molecule has 0 spiro atoms. The summed E-state index contributed by atoms with van der Waals surface area (Å²) in [5.74, 6) is -0.581. The smallest absolute Gasteiger partial charge is 0.397 e. The van der Waals surface area contributed by atoms with E-state index in [4.69, 9.17) is 23.5 Å². The first kappa shape index (κ1) is 42.3. The number of allylic oxidation sites excluding steroid dienone is 6. The third-order valence-electron chi connectivity index (χ3n) is 7.32. The minimum atomic E-state index is -5.04. The van der Waals surface area contributed by atoms with E-state index in [1.807, 2.05) is 0 Å². The molecule has 1 fully saturated rings. The molecule has 0 aromatic carbocycles. The van der Waals surface area contributed by atoms with Gasteiger partial charge >= 0.3 is 16.4 Å². The van der Waals surface area contributed by atoms with Crippen molar-refractivity contribution in [1.82, 2.24) is 0 Å². The van der Waals surface area contributed by atoms with Gasteiger partial charge in [-0.15, -0.1) is 0 Å². The molecule has 46 heavy (non-hydrogen) atoms. The van der Waals surface area contributed by atoms with Crippen LogP contribution in [-0.4, -0.2) is 97.5 Å². The third kappa shape index (κ3) is 21.2. The van der Waals surface area contributed by atoms with Crippen LogP contribution in [0.1, 0.15) is 104 Å². The van der Waals surface area contributed by atoms with E-state index in [1.165, 1.54) is 51.9 Å². The Kier molecular flexibility index (Phi) is 24.2. The molecule has 1 aliphatic rings. The fraction of sp³-hybridized carbons (Fsp3) is 0.788. The Labute approximate surface area is 275 Å². The van der Waals surface area contributed by atoms with Crippen LogP contribution in [0.5, 0.6) is 0 Å². The molecule has 1 aliphatic heterocycles. The molecule has 0 saturated carbocycles. The number of carbonyl (C=O) groups is 1. The molecule has 0 aromatic heterocycles. The highest BCUT2D eigenvalue weighted by atomic mass is 32.3. The van der Waals surface area contributed by atoms with Crippen molar-refractivity contribution < 1.29 is 56.2 Å². The monoisotopic (exact) mass is 678 g/mol. The normalized spacial score (nSPS) is 23.1. The second kappa shape index (κ2) is 26.3. The second-order valence-corrected chi connectivity index (χ2v) is 12.5. The van der Waals surface area contributed by atoms with Gasteiger partial charge in [0.25, 0.3) is 0 Å². The minimum absolute atomic E-state index is 0.0128. The van der Waals surface area contributed by atoms with E-state index in [2.05, 4.69) is 47.6 Å². The molecule has 0 amide bonds. The first-order chi connectivity index (χ1) is 22.1. The Hall–Kier alpha value is -1.68. The van der Waals surface area contributed by atoms with Crippen LogP contribution in [0.15, 0.2) is 36.5 Å². The van der Waals surface area contributed by atoms with Crippen LogP contribution in [0.3, 0.4) is 0 Å². The summed E-state index contributed by atoms with van der Waals surface area (Å²) in [6.45, 7) is 2.87. The highest BCUT2D eigenvalue weighted by molar-refractivity contribution is 7.80.